The highest BCUT2D eigenvalue weighted by Crippen LogP contribution is 2.12. The monoisotopic (exact) mass is 157 g/mol. The third-order valence-corrected chi connectivity index (χ3v) is 1.71. The Bertz CT molecular complexity index is 192. The van der Waals surface area contributed by atoms with Gasteiger partial charge in [0, 0.05) is 26.0 Å². The average Bonchev–Trinajstić information content (AvgIpc) is 2.30. The Kier molecular flexibility index (Phi) is 1.98. The molecule has 0 bridgehead atoms. The van der Waals surface area contributed by atoms with E-state index < -0.39 is 6.29 Å². The fraction of sp³-hybridized carbons (Fsp3) is 0.667. The van der Waals surface area contributed by atoms with E-state index in [4.69, 9.17) is 0 Å². The highest BCUT2D eigenvalue weighted by molar-refractivity contribution is 4.90. The van der Waals surface area contributed by atoms with Crippen LogP contribution in [0.25, 0.3) is 0 Å². The second kappa shape index (κ2) is 2.77. The van der Waals surface area contributed by atoms with Gasteiger partial charge in [-0.15, -0.1) is 0 Å². The Balaban J connectivity index is 2.69. The summed E-state index contributed by atoms with van der Waals surface area (Å²) in [5, 5.41) is 10.5. The van der Waals surface area contributed by atoms with Gasteiger partial charge in [0.2, 0.25) is 0 Å². The molecule has 62 valence electrons. The first-order valence-electron chi connectivity index (χ1n) is 3.46. The summed E-state index contributed by atoms with van der Waals surface area (Å²) in [7, 11) is 1.69. The Morgan fingerprint density at radius 1 is 1.64 bits per heavy atom. The second-order valence-electron chi connectivity index (χ2n) is 2.43. The van der Waals surface area contributed by atoms with E-state index in [2.05, 4.69) is 0 Å². The van der Waals surface area contributed by atoms with Gasteiger partial charge < -0.3 is 0 Å². The molecule has 0 spiro atoms. The zero-order valence-corrected chi connectivity index (χ0v) is 6.60. The minimum Gasteiger partial charge on any atom is -0.300 e. The van der Waals surface area contributed by atoms with Crippen molar-refractivity contribution in [3.05, 3.63) is 22.5 Å². The normalized spacial score (nSPS) is 22.9. The molecule has 0 aromatic rings. The lowest BCUT2D eigenvalue weighted by Crippen LogP contribution is -2.42. The van der Waals surface area contributed by atoms with Gasteiger partial charge >= 0.3 is 6.29 Å². The van der Waals surface area contributed by atoms with E-state index in [1.54, 1.807) is 29.2 Å². The minimum atomic E-state index is -0.708. The van der Waals surface area contributed by atoms with Crippen LogP contribution in [0, 0.1) is 10.1 Å². The number of nitrogens with zero attached hydrogens (tertiary/aromatic N) is 3. The first-order valence-corrected chi connectivity index (χ1v) is 3.46. The van der Waals surface area contributed by atoms with Crippen LogP contribution in [0.4, 0.5) is 0 Å². The molecule has 0 aromatic heterocycles. The van der Waals surface area contributed by atoms with Crippen molar-refractivity contribution >= 4 is 0 Å². The topological polar surface area (TPSA) is 49.6 Å². The molecule has 0 radical (unpaired) electrons. The predicted octanol–water partition coefficient (Wildman–Crippen LogP) is 0.285. The van der Waals surface area contributed by atoms with Gasteiger partial charge in [-0.05, 0) is 6.92 Å². The van der Waals surface area contributed by atoms with Crippen molar-refractivity contribution in [2.45, 2.75) is 13.2 Å². The second-order valence-corrected chi connectivity index (χ2v) is 2.43. The van der Waals surface area contributed by atoms with E-state index in [1.807, 2.05) is 6.92 Å². The Hall–Kier alpha value is -1.26. The lowest BCUT2D eigenvalue weighted by atomic mass is 10.6. The molecule has 1 aliphatic rings. The number of hydrogen-bond acceptors (Lipinski definition) is 4. The number of nitro groups is 1. The molecule has 0 aromatic carbocycles. The molecular weight excluding hydrogens is 146 g/mol. The van der Waals surface area contributed by atoms with Gasteiger partial charge in [0.25, 0.3) is 0 Å². The SMILES string of the molecule is CCN1C=CN(C)C1[N+](=O)[O-]. The maximum absolute atomic E-state index is 10.5. The lowest BCUT2D eigenvalue weighted by Gasteiger charge is -2.20. The molecule has 0 fully saturated rings. The van der Waals surface area contributed by atoms with Crippen molar-refractivity contribution in [3.8, 4) is 0 Å². The zero-order chi connectivity index (χ0) is 8.43. The summed E-state index contributed by atoms with van der Waals surface area (Å²) >= 11 is 0. The van der Waals surface area contributed by atoms with Crippen molar-refractivity contribution in [2.75, 3.05) is 13.6 Å². The zero-order valence-electron chi connectivity index (χ0n) is 6.60. The summed E-state index contributed by atoms with van der Waals surface area (Å²) in [6.45, 7) is 2.55. The molecule has 5 nitrogen and oxygen atoms in total. The van der Waals surface area contributed by atoms with Crippen LogP contribution in [0.15, 0.2) is 12.4 Å². The summed E-state index contributed by atoms with van der Waals surface area (Å²) in [6, 6.07) is 0. The molecule has 0 N–H and O–H groups in total. The minimum absolute atomic E-state index is 0.302. The molecule has 0 aliphatic carbocycles. The third-order valence-electron chi connectivity index (χ3n) is 1.71. The quantitative estimate of drug-likeness (QED) is 0.427. The fourth-order valence-electron chi connectivity index (χ4n) is 1.12. The van der Waals surface area contributed by atoms with E-state index in [0.717, 1.165) is 0 Å². The maximum atomic E-state index is 10.5. The smallest absolute Gasteiger partial charge is 0.300 e. The van der Waals surface area contributed by atoms with Crippen LogP contribution in [-0.2, 0) is 0 Å². The molecule has 1 rings (SSSR count). The summed E-state index contributed by atoms with van der Waals surface area (Å²) in [5.74, 6) is 0. The Labute approximate surface area is 65.0 Å². The molecule has 1 atom stereocenters. The van der Waals surface area contributed by atoms with Crippen LogP contribution < -0.4 is 0 Å². The van der Waals surface area contributed by atoms with Crippen molar-refractivity contribution < 1.29 is 4.92 Å². The lowest BCUT2D eigenvalue weighted by molar-refractivity contribution is -0.567. The van der Waals surface area contributed by atoms with Crippen molar-refractivity contribution in [3.63, 3.8) is 0 Å². The van der Waals surface area contributed by atoms with E-state index in [1.165, 1.54) is 0 Å². The molecule has 1 heterocycles. The van der Waals surface area contributed by atoms with Gasteiger partial charge in [-0.3, -0.25) is 19.9 Å². The van der Waals surface area contributed by atoms with Gasteiger partial charge in [0.15, 0.2) is 0 Å². The van der Waals surface area contributed by atoms with Crippen LogP contribution in [-0.4, -0.2) is 34.6 Å². The predicted molar refractivity (Wildman–Crippen MR) is 40.1 cm³/mol. The van der Waals surface area contributed by atoms with E-state index in [-0.39, 0.29) is 4.92 Å². The maximum Gasteiger partial charge on any atom is 0.367 e. The molecular formula is C6H11N3O2. The standard InChI is InChI=1S/C6H11N3O2/c1-3-8-5-4-7(2)6(8)9(10)11/h4-6H,3H2,1-2H3. The summed E-state index contributed by atoms with van der Waals surface area (Å²) in [6.07, 6.45) is 2.73. The van der Waals surface area contributed by atoms with Crippen molar-refractivity contribution in [1.29, 1.82) is 0 Å². The largest absolute Gasteiger partial charge is 0.367 e. The van der Waals surface area contributed by atoms with Gasteiger partial charge in [0.1, 0.15) is 0 Å². The summed E-state index contributed by atoms with van der Waals surface area (Å²) in [4.78, 5) is 13.4. The fourth-order valence-corrected chi connectivity index (χ4v) is 1.12. The van der Waals surface area contributed by atoms with Crippen LogP contribution in [0.1, 0.15) is 6.92 Å². The Morgan fingerprint density at radius 2 is 2.27 bits per heavy atom. The molecule has 11 heavy (non-hydrogen) atoms. The molecule has 1 aliphatic heterocycles. The van der Waals surface area contributed by atoms with Gasteiger partial charge in [0.05, 0.1) is 4.92 Å². The molecule has 0 saturated carbocycles. The van der Waals surface area contributed by atoms with E-state index in [9.17, 15) is 10.1 Å². The average molecular weight is 157 g/mol. The van der Waals surface area contributed by atoms with Crippen molar-refractivity contribution in [1.82, 2.24) is 9.80 Å². The Morgan fingerprint density at radius 3 is 2.64 bits per heavy atom. The van der Waals surface area contributed by atoms with Gasteiger partial charge in [-0.25, -0.2) is 0 Å². The number of hydrogen-bond donors (Lipinski definition) is 0. The molecule has 0 amide bonds. The van der Waals surface area contributed by atoms with Crippen LogP contribution in [0.3, 0.4) is 0 Å². The van der Waals surface area contributed by atoms with Gasteiger partial charge in [-0.2, -0.15) is 0 Å². The molecule has 0 saturated heterocycles. The van der Waals surface area contributed by atoms with Gasteiger partial charge in [-0.1, -0.05) is 0 Å². The molecule has 5 heteroatoms. The first-order chi connectivity index (χ1) is 5.16. The van der Waals surface area contributed by atoms with Crippen LogP contribution in [0.2, 0.25) is 0 Å². The molecule has 1 unspecified atom stereocenters. The highest BCUT2D eigenvalue weighted by Gasteiger charge is 2.32. The summed E-state index contributed by atoms with van der Waals surface area (Å²) < 4.78 is 0. The van der Waals surface area contributed by atoms with E-state index >= 15 is 0 Å². The summed E-state index contributed by atoms with van der Waals surface area (Å²) in [5.41, 5.74) is 0. The highest BCUT2D eigenvalue weighted by atomic mass is 16.6. The van der Waals surface area contributed by atoms with Crippen LogP contribution in [0.5, 0.6) is 0 Å². The number of rotatable bonds is 2. The van der Waals surface area contributed by atoms with Crippen LogP contribution >= 0.6 is 0 Å². The van der Waals surface area contributed by atoms with Crippen molar-refractivity contribution in [2.24, 2.45) is 0 Å². The third kappa shape index (κ3) is 1.26. The van der Waals surface area contributed by atoms with E-state index in [0.29, 0.717) is 6.54 Å². The first kappa shape index (κ1) is 7.84.